The van der Waals surface area contributed by atoms with Crippen molar-refractivity contribution in [3.63, 3.8) is 0 Å². The van der Waals surface area contributed by atoms with E-state index >= 15 is 0 Å². The summed E-state index contributed by atoms with van der Waals surface area (Å²) in [7, 11) is 0. The molecule has 0 aliphatic carbocycles. The zero-order valence-electron chi connectivity index (χ0n) is 13.6. The van der Waals surface area contributed by atoms with Crippen LogP contribution in [0.2, 0.25) is 0 Å². The average molecular weight is 337 g/mol. The van der Waals surface area contributed by atoms with E-state index in [0.717, 1.165) is 23.3 Å². The minimum absolute atomic E-state index is 0.0224. The summed E-state index contributed by atoms with van der Waals surface area (Å²) in [6.07, 6.45) is 4.43. The quantitative estimate of drug-likeness (QED) is 0.758. The molecule has 0 unspecified atom stereocenters. The fourth-order valence-corrected chi connectivity index (χ4v) is 3.04. The summed E-state index contributed by atoms with van der Waals surface area (Å²) in [5.41, 5.74) is 8.11. The average Bonchev–Trinajstić information content (AvgIpc) is 3.29. The number of hydrogen-bond acceptors (Lipinski definition) is 5. The molecule has 3 N–H and O–H groups in total. The number of aromatic nitrogens is 3. The Kier molecular flexibility index (Phi) is 4.17. The minimum Gasteiger partial charge on any atom is -0.364 e. The van der Waals surface area contributed by atoms with Crippen molar-refractivity contribution in [3.8, 4) is 5.82 Å². The fourth-order valence-electron chi connectivity index (χ4n) is 3.04. The second-order valence-electron chi connectivity index (χ2n) is 6.06. The van der Waals surface area contributed by atoms with Gasteiger partial charge < -0.3 is 15.8 Å². The summed E-state index contributed by atoms with van der Waals surface area (Å²) in [6, 6.07) is 11.5. The first-order valence-electron chi connectivity index (χ1n) is 8.29. The molecule has 128 valence electrons. The van der Waals surface area contributed by atoms with E-state index in [4.69, 9.17) is 10.5 Å². The van der Waals surface area contributed by atoms with E-state index in [1.54, 1.807) is 12.5 Å². The van der Waals surface area contributed by atoms with E-state index in [1.807, 2.05) is 41.0 Å². The van der Waals surface area contributed by atoms with Crippen molar-refractivity contribution >= 4 is 22.6 Å². The maximum Gasteiger partial charge on any atom is 0.253 e. The van der Waals surface area contributed by atoms with E-state index in [9.17, 15) is 4.79 Å². The number of nitrogens with two attached hydrogens (primary N) is 1. The Bertz CT molecular complexity index is 890. The molecule has 7 nitrogen and oxygen atoms in total. The third-order valence-electron chi connectivity index (χ3n) is 4.38. The van der Waals surface area contributed by atoms with Gasteiger partial charge in [-0.2, -0.15) is 0 Å². The number of carbonyl (C=O) groups is 1. The molecule has 2 atom stereocenters. The van der Waals surface area contributed by atoms with Gasteiger partial charge in [-0.1, -0.05) is 12.1 Å². The molecular formula is C18H19N5O2. The first kappa shape index (κ1) is 15.7. The SMILES string of the molecule is NC[C@H]1CC[C@@H](C(=O)Nc2ccc(-n3cnc4ccccc43)nc2)O1. The topological polar surface area (TPSA) is 95.1 Å². The van der Waals surface area contributed by atoms with Crippen molar-refractivity contribution < 1.29 is 9.53 Å². The monoisotopic (exact) mass is 337 g/mol. The van der Waals surface area contributed by atoms with Crippen molar-refractivity contribution in [1.82, 2.24) is 14.5 Å². The van der Waals surface area contributed by atoms with Crippen molar-refractivity contribution in [2.75, 3.05) is 11.9 Å². The Hall–Kier alpha value is -2.77. The molecular weight excluding hydrogens is 318 g/mol. The molecule has 0 bridgehead atoms. The molecule has 4 rings (SSSR count). The smallest absolute Gasteiger partial charge is 0.253 e. The summed E-state index contributed by atoms with van der Waals surface area (Å²) < 4.78 is 7.52. The molecule has 0 saturated carbocycles. The summed E-state index contributed by atoms with van der Waals surface area (Å²) in [5, 5.41) is 2.85. The van der Waals surface area contributed by atoms with Crippen LogP contribution in [0, 0.1) is 0 Å². The van der Waals surface area contributed by atoms with Crippen LogP contribution in [-0.4, -0.2) is 39.2 Å². The lowest BCUT2D eigenvalue weighted by Gasteiger charge is -2.13. The minimum atomic E-state index is -0.439. The zero-order valence-corrected chi connectivity index (χ0v) is 13.6. The van der Waals surface area contributed by atoms with Crippen LogP contribution in [0.25, 0.3) is 16.9 Å². The van der Waals surface area contributed by atoms with Gasteiger partial charge in [-0.25, -0.2) is 9.97 Å². The lowest BCUT2D eigenvalue weighted by molar-refractivity contribution is -0.126. The molecule has 1 aliphatic heterocycles. The number of amides is 1. The predicted molar refractivity (Wildman–Crippen MR) is 94.4 cm³/mol. The first-order valence-corrected chi connectivity index (χ1v) is 8.29. The summed E-state index contributed by atoms with van der Waals surface area (Å²) in [6.45, 7) is 0.443. The molecule has 1 saturated heterocycles. The van der Waals surface area contributed by atoms with Crippen LogP contribution in [0.3, 0.4) is 0 Å². The molecule has 0 radical (unpaired) electrons. The van der Waals surface area contributed by atoms with Crippen molar-refractivity contribution in [2.45, 2.75) is 25.0 Å². The molecule has 2 aromatic heterocycles. The maximum absolute atomic E-state index is 12.2. The van der Waals surface area contributed by atoms with E-state index in [1.165, 1.54) is 0 Å². The maximum atomic E-state index is 12.2. The Balaban J connectivity index is 1.48. The Morgan fingerprint density at radius 3 is 2.88 bits per heavy atom. The van der Waals surface area contributed by atoms with Crippen LogP contribution in [0.5, 0.6) is 0 Å². The van der Waals surface area contributed by atoms with Gasteiger partial charge in [0.25, 0.3) is 5.91 Å². The van der Waals surface area contributed by atoms with Crippen LogP contribution in [0.1, 0.15) is 12.8 Å². The van der Waals surface area contributed by atoms with Gasteiger partial charge in [0, 0.05) is 6.54 Å². The Labute approximate surface area is 144 Å². The predicted octanol–water partition coefficient (Wildman–Crippen LogP) is 1.87. The number of imidazole rings is 1. The lowest BCUT2D eigenvalue weighted by atomic mass is 10.2. The van der Waals surface area contributed by atoms with Crippen LogP contribution in [0.4, 0.5) is 5.69 Å². The number of hydrogen-bond donors (Lipinski definition) is 2. The van der Waals surface area contributed by atoms with Crippen LogP contribution < -0.4 is 11.1 Å². The standard InChI is InChI=1S/C18H19N5O2/c19-9-13-6-7-16(25-13)18(24)22-12-5-8-17(20-10-12)23-11-21-14-3-1-2-4-15(14)23/h1-5,8,10-11,13,16H,6-7,9,19H2,(H,22,24)/t13-,16+/m1/s1. The van der Waals surface area contributed by atoms with E-state index in [-0.39, 0.29) is 12.0 Å². The Morgan fingerprint density at radius 2 is 2.12 bits per heavy atom. The van der Waals surface area contributed by atoms with Gasteiger partial charge in [-0.3, -0.25) is 9.36 Å². The number of rotatable bonds is 4. The zero-order chi connectivity index (χ0) is 17.2. The number of para-hydroxylation sites is 2. The highest BCUT2D eigenvalue weighted by molar-refractivity contribution is 5.94. The van der Waals surface area contributed by atoms with Crippen molar-refractivity contribution in [1.29, 1.82) is 0 Å². The number of nitrogens with zero attached hydrogens (tertiary/aromatic N) is 3. The number of ether oxygens (including phenoxy) is 1. The molecule has 3 aromatic rings. The molecule has 1 aromatic carbocycles. The lowest BCUT2D eigenvalue weighted by Crippen LogP contribution is -2.29. The first-order chi connectivity index (χ1) is 12.2. The molecule has 1 amide bonds. The van der Waals surface area contributed by atoms with Crippen LogP contribution in [-0.2, 0) is 9.53 Å². The van der Waals surface area contributed by atoms with Gasteiger partial charge in [-0.15, -0.1) is 0 Å². The van der Waals surface area contributed by atoms with E-state index < -0.39 is 6.10 Å². The number of nitrogens with one attached hydrogen (secondary N) is 1. The molecule has 1 aliphatic rings. The van der Waals surface area contributed by atoms with Gasteiger partial charge in [0.2, 0.25) is 0 Å². The molecule has 3 heterocycles. The van der Waals surface area contributed by atoms with E-state index in [0.29, 0.717) is 18.7 Å². The molecule has 7 heteroatoms. The van der Waals surface area contributed by atoms with Gasteiger partial charge >= 0.3 is 0 Å². The highest BCUT2D eigenvalue weighted by Gasteiger charge is 2.29. The number of fused-ring (bicyclic) bond motifs is 1. The van der Waals surface area contributed by atoms with Crippen molar-refractivity contribution in [2.24, 2.45) is 5.73 Å². The van der Waals surface area contributed by atoms with Gasteiger partial charge in [0.15, 0.2) is 0 Å². The molecule has 25 heavy (non-hydrogen) atoms. The second kappa shape index (κ2) is 6.62. The number of anilines is 1. The van der Waals surface area contributed by atoms with Gasteiger partial charge in [0.05, 0.1) is 29.0 Å². The summed E-state index contributed by atoms with van der Waals surface area (Å²) in [4.78, 5) is 21.0. The van der Waals surface area contributed by atoms with Gasteiger partial charge in [0.1, 0.15) is 18.2 Å². The largest absolute Gasteiger partial charge is 0.364 e. The highest BCUT2D eigenvalue weighted by Crippen LogP contribution is 2.21. The van der Waals surface area contributed by atoms with Gasteiger partial charge in [-0.05, 0) is 37.1 Å². The fraction of sp³-hybridized carbons (Fsp3) is 0.278. The number of benzene rings is 1. The van der Waals surface area contributed by atoms with E-state index in [2.05, 4.69) is 15.3 Å². The van der Waals surface area contributed by atoms with Crippen LogP contribution in [0.15, 0.2) is 48.9 Å². The van der Waals surface area contributed by atoms with Crippen LogP contribution >= 0.6 is 0 Å². The van der Waals surface area contributed by atoms with Crippen molar-refractivity contribution in [3.05, 3.63) is 48.9 Å². The summed E-state index contributed by atoms with van der Waals surface area (Å²) >= 11 is 0. The molecule has 0 spiro atoms. The Morgan fingerprint density at radius 1 is 1.24 bits per heavy atom. The normalized spacial score (nSPS) is 20.0. The number of pyridine rings is 1. The second-order valence-corrected chi connectivity index (χ2v) is 6.06. The third kappa shape index (κ3) is 3.11. The molecule has 1 fully saturated rings. The summed E-state index contributed by atoms with van der Waals surface area (Å²) in [5.74, 6) is 0.589. The highest BCUT2D eigenvalue weighted by atomic mass is 16.5. The third-order valence-corrected chi connectivity index (χ3v) is 4.38. The number of carbonyl (C=O) groups excluding carboxylic acids is 1.